The summed E-state index contributed by atoms with van der Waals surface area (Å²) in [6.45, 7) is 4.16. The van der Waals surface area contributed by atoms with Crippen LogP contribution in [0.5, 0.6) is 0 Å². The minimum atomic E-state index is -0.0393. The van der Waals surface area contributed by atoms with Gasteiger partial charge in [-0.05, 0) is 48.9 Å². The fourth-order valence-electron chi connectivity index (χ4n) is 2.51. The van der Waals surface area contributed by atoms with E-state index >= 15 is 0 Å². The first-order valence-corrected chi connectivity index (χ1v) is 7.78. The van der Waals surface area contributed by atoms with Crippen LogP contribution in [0, 0.1) is 12.8 Å². The average Bonchev–Trinajstić information content (AvgIpc) is 2.48. The number of halogens is 1. The van der Waals surface area contributed by atoms with E-state index in [9.17, 15) is 9.90 Å². The van der Waals surface area contributed by atoms with Crippen molar-refractivity contribution >= 4 is 22.0 Å². The quantitative estimate of drug-likeness (QED) is 0.888. The van der Waals surface area contributed by atoms with Gasteiger partial charge < -0.3 is 15.3 Å². The normalized spacial score (nSPS) is 18.9. The van der Waals surface area contributed by atoms with E-state index < -0.39 is 0 Å². The molecule has 5 heteroatoms. The predicted octanol–water partition coefficient (Wildman–Crippen LogP) is 2.67. The summed E-state index contributed by atoms with van der Waals surface area (Å²) < 4.78 is 1.02. The van der Waals surface area contributed by atoms with Crippen LogP contribution in [0.3, 0.4) is 0 Å². The first kappa shape index (κ1) is 15.3. The molecule has 1 atom stereocenters. The number of amides is 2. The fraction of sp³-hybridized carbons (Fsp3) is 0.533. The Hall–Kier alpha value is -1.07. The fourth-order valence-corrected chi connectivity index (χ4v) is 2.92. The molecule has 4 nitrogen and oxygen atoms in total. The molecule has 20 heavy (non-hydrogen) atoms. The van der Waals surface area contributed by atoms with Crippen molar-refractivity contribution in [2.45, 2.75) is 26.3 Å². The minimum absolute atomic E-state index is 0.0393. The smallest absolute Gasteiger partial charge is 0.317 e. The van der Waals surface area contributed by atoms with Gasteiger partial charge in [-0.3, -0.25) is 0 Å². The van der Waals surface area contributed by atoms with E-state index in [1.807, 2.05) is 25.1 Å². The molecule has 0 bridgehead atoms. The Bertz CT molecular complexity index is 479. The van der Waals surface area contributed by atoms with Gasteiger partial charge in [0, 0.05) is 30.7 Å². The predicted molar refractivity (Wildman–Crippen MR) is 82.5 cm³/mol. The number of aliphatic hydroxyl groups excluding tert-OH is 1. The summed E-state index contributed by atoms with van der Waals surface area (Å²) in [6.07, 6.45) is 1.97. The summed E-state index contributed by atoms with van der Waals surface area (Å²) >= 11 is 3.45. The SMILES string of the molecule is Cc1ccc(Br)cc1CNC(=O)N1CCC[C@@H](CO)C1. The third-order valence-corrected chi connectivity index (χ3v) is 4.30. The Morgan fingerprint density at radius 1 is 1.55 bits per heavy atom. The Morgan fingerprint density at radius 3 is 3.10 bits per heavy atom. The van der Waals surface area contributed by atoms with Crippen molar-refractivity contribution in [2.24, 2.45) is 5.92 Å². The molecule has 2 rings (SSSR count). The number of piperidine rings is 1. The summed E-state index contributed by atoms with van der Waals surface area (Å²) in [5.74, 6) is 0.224. The number of carbonyl (C=O) groups is 1. The molecule has 0 radical (unpaired) electrons. The van der Waals surface area contributed by atoms with Crippen molar-refractivity contribution in [1.29, 1.82) is 0 Å². The van der Waals surface area contributed by atoms with E-state index in [2.05, 4.69) is 21.2 Å². The lowest BCUT2D eigenvalue weighted by Gasteiger charge is -2.31. The monoisotopic (exact) mass is 340 g/mol. The summed E-state index contributed by atoms with van der Waals surface area (Å²) in [4.78, 5) is 14.0. The second-order valence-electron chi connectivity index (χ2n) is 5.37. The lowest BCUT2D eigenvalue weighted by molar-refractivity contribution is 0.129. The first-order valence-electron chi connectivity index (χ1n) is 6.99. The van der Waals surface area contributed by atoms with Crippen molar-refractivity contribution in [2.75, 3.05) is 19.7 Å². The number of hydrogen-bond donors (Lipinski definition) is 2. The number of benzene rings is 1. The molecular weight excluding hydrogens is 320 g/mol. The van der Waals surface area contributed by atoms with E-state index in [0.717, 1.165) is 29.4 Å². The van der Waals surface area contributed by atoms with Crippen LogP contribution in [0.1, 0.15) is 24.0 Å². The number of urea groups is 1. The highest BCUT2D eigenvalue weighted by molar-refractivity contribution is 9.10. The maximum absolute atomic E-state index is 12.2. The second kappa shape index (κ2) is 7.09. The topological polar surface area (TPSA) is 52.6 Å². The van der Waals surface area contributed by atoms with Gasteiger partial charge in [0.15, 0.2) is 0 Å². The maximum atomic E-state index is 12.2. The molecule has 0 spiro atoms. The molecule has 1 heterocycles. The van der Waals surface area contributed by atoms with Crippen LogP contribution in [0.2, 0.25) is 0 Å². The molecule has 1 aliphatic rings. The number of nitrogens with zero attached hydrogens (tertiary/aromatic N) is 1. The van der Waals surface area contributed by atoms with E-state index in [1.165, 1.54) is 5.56 Å². The number of nitrogens with one attached hydrogen (secondary N) is 1. The lowest BCUT2D eigenvalue weighted by Crippen LogP contribution is -2.46. The molecular formula is C15H21BrN2O2. The molecule has 0 aromatic heterocycles. The lowest BCUT2D eigenvalue weighted by atomic mass is 9.99. The van der Waals surface area contributed by atoms with Crippen LogP contribution < -0.4 is 5.32 Å². The van der Waals surface area contributed by atoms with Crippen molar-refractivity contribution in [1.82, 2.24) is 10.2 Å². The van der Waals surface area contributed by atoms with E-state index in [0.29, 0.717) is 13.1 Å². The highest BCUT2D eigenvalue weighted by atomic mass is 79.9. The van der Waals surface area contributed by atoms with Crippen LogP contribution in [0.15, 0.2) is 22.7 Å². The Labute approximate surface area is 128 Å². The molecule has 2 amide bonds. The average molecular weight is 341 g/mol. The van der Waals surface area contributed by atoms with E-state index in [4.69, 9.17) is 0 Å². The van der Waals surface area contributed by atoms with Gasteiger partial charge in [0.2, 0.25) is 0 Å². The second-order valence-corrected chi connectivity index (χ2v) is 6.28. The van der Waals surface area contributed by atoms with Crippen LogP contribution in [0.25, 0.3) is 0 Å². The number of aryl methyl sites for hydroxylation is 1. The number of likely N-dealkylation sites (tertiary alicyclic amines) is 1. The molecule has 1 aromatic rings. The number of carbonyl (C=O) groups excluding carboxylic acids is 1. The highest BCUT2D eigenvalue weighted by Gasteiger charge is 2.22. The van der Waals surface area contributed by atoms with Gasteiger partial charge in [-0.25, -0.2) is 4.79 Å². The zero-order valence-corrected chi connectivity index (χ0v) is 13.3. The molecule has 1 aliphatic heterocycles. The van der Waals surface area contributed by atoms with Crippen LogP contribution in [0.4, 0.5) is 4.79 Å². The van der Waals surface area contributed by atoms with Crippen LogP contribution in [-0.2, 0) is 6.54 Å². The van der Waals surface area contributed by atoms with Crippen molar-refractivity contribution in [3.63, 3.8) is 0 Å². The third kappa shape index (κ3) is 3.96. The zero-order valence-electron chi connectivity index (χ0n) is 11.7. The van der Waals surface area contributed by atoms with Gasteiger partial charge in [-0.1, -0.05) is 22.0 Å². The van der Waals surface area contributed by atoms with Crippen molar-refractivity contribution in [3.05, 3.63) is 33.8 Å². The molecule has 2 N–H and O–H groups in total. The van der Waals surface area contributed by atoms with E-state index in [-0.39, 0.29) is 18.6 Å². The van der Waals surface area contributed by atoms with Gasteiger partial charge in [-0.15, -0.1) is 0 Å². The Kier molecular flexibility index (Phi) is 5.43. The standard InChI is InChI=1S/C15H21BrN2O2/c1-11-4-5-14(16)7-13(11)8-17-15(20)18-6-2-3-12(9-18)10-19/h4-5,7,12,19H,2-3,6,8-10H2,1H3,(H,17,20)/t12-/m1/s1. The van der Waals surface area contributed by atoms with Gasteiger partial charge in [0.1, 0.15) is 0 Å². The molecule has 0 aliphatic carbocycles. The molecule has 1 fully saturated rings. The molecule has 1 saturated heterocycles. The summed E-state index contributed by atoms with van der Waals surface area (Å²) in [7, 11) is 0. The largest absolute Gasteiger partial charge is 0.396 e. The van der Waals surface area contributed by atoms with Crippen LogP contribution >= 0.6 is 15.9 Å². The third-order valence-electron chi connectivity index (χ3n) is 3.81. The summed E-state index contributed by atoms with van der Waals surface area (Å²) in [6, 6.07) is 6.02. The summed E-state index contributed by atoms with van der Waals surface area (Å²) in [5, 5.41) is 12.2. The number of hydrogen-bond acceptors (Lipinski definition) is 2. The number of rotatable bonds is 3. The molecule has 0 unspecified atom stereocenters. The van der Waals surface area contributed by atoms with Gasteiger partial charge in [0.25, 0.3) is 0 Å². The molecule has 110 valence electrons. The summed E-state index contributed by atoms with van der Waals surface area (Å²) in [5.41, 5.74) is 2.28. The number of aliphatic hydroxyl groups is 1. The minimum Gasteiger partial charge on any atom is -0.396 e. The van der Waals surface area contributed by atoms with Gasteiger partial charge >= 0.3 is 6.03 Å². The van der Waals surface area contributed by atoms with Crippen LogP contribution in [-0.4, -0.2) is 35.7 Å². The van der Waals surface area contributed by atoms with Gasteiger partial charge in [0.05, 0.1) is 0 Å². The highest BCUT2D eigenvalue weighted by Crippen LogP contribution is 2.17. The van der Waals surface area contributed by atoms with Crippen molar-refractivity contribution < 1.29 is 9.90 Å². The van der Waals surface area contributed by atoms with Gasteiger partial charge in [-0.2, -0.15) is 0 Å². The maximum Gasteiger partial charge on any atom is 0.317 e. The zero-order chi connectivity index (χ0) is 14.5. The Balaban J connectivity index is 1.90. The van der Waals surface area contributed by atoms with Crippen molar-refractivity contribution in [3.8, 4) is 0 Å². The first-order chi connectivity index (χ1) is 9.60. The molecule has 1 aromatic carbocycles. The molecule has 0 saturated carbocycles. The Morgan fingerprint density at radius 2 is 2.35 bits per heavy atom. The van der Waals surface area contributed by atoms with E-state index in [1.54, 1.807) is 4.90 Å².